The number of alkyl halides is 3. The average Bonchev–Trinajstić information content (AvgIpc) is 3.18. The van der Waals surface area contributed by atoms with E-state index in [0.29, 0.717) is 11.3 Å². The Balaban J connectivity index is 1.59. The van der Waals surface area contributed by atoms with E-state index in [4.69, 9.17) is 9.47 Å². The van der Waals surface area contributed by atoms with E-state index in [2.05, 4.69) is 34.9 Å². The summed E-state index contributed by atoms with van der Waals surface area (Å²) in [5.41, 5.74) is 0.704. The summed E-state index contributed by atoms with van der Waals surface area (Å²) in [6, 6.07) is 1.62. The maximum absolute atomic E-state index is 12.5. The summed E-state index contributed by atoms with van der Waals surface area (Å²) in [6.45, 7) is -0.0924. The Morgan fingerprint density at radius 1 is 1.21 bits per heavy atom. The molecule has 3 heterocycles. The van der Waals surface area contributed by atoms with E-state index < -0.39 is 24.0 Å². The summed E-state index contributed by atoms with van der Waals surface area (Å²) in [6.07, 6.45) is -0.253. The molecular formula is C15H11F3N6O4. The van der Waals surface area contributed by atoms with Crippen molar-refractivity contribution in [2.45, 2.75) is 12.8 Å². The topological polar surface area (TPSA) is 125 Å². The number of halogens is 3. The maximum atomic E-state index is 12.5. The number of carbonyl (C=O) groups excluding carboxylic acids is 1. The van der Waals surface area contributed by atoms with Gasteiger partial charge >= 0.3 is 18.2 Å². The fourth-order valence-electron chi connectivity index (χ4n) is 1.96. The highest BCUT2D eigenvalue weighted by Crippen LogP contribution is 2.28. The van der Waals surface area contributed by atoms with Crippen molar-refractivity contribution in [1.82, 2.24) is 25.1 Å². The van der Waals surface area contributed by atoms with Crippen molar-refractivity contribution in [3.63, 3.8) is 0 Å². The molecule has 0 unspecified atom stereocenters. The molecule has 0 aliphatic heterocycles. The van der Waals surface area contributed by atoms with Crippen molar-refractivity contribution in [1.29, 1.82) is 0 Å². The number of nitrogens with one attached hydrogen (secondary N) is 1. The molecule has 13 heteroatoms. The van der Waals surface area contributed by atoms with Crippen LogP contribution in [0.2, 0.25) is 0 Å². The number of rotatable bonds is 5. The number of carbonyl (C=O) groups is 1. The minimum atomic E-state index is -4.77. The minimum Gasteiger partial charge on any atom is -0.496 e. The maximum Gasteiger partial charge on any atom is 0.471 e. The Hall–Kier alpha value is -3.77. The van der Waals surface area contributed by atoms with Crippen LogP contribution in [0.3, 0.4) is 0 Å². The highest BCUT2D eigenvalue weighted by atomic mass is 19.4. The average molecular weight is 396 g/mol. The van der Waals surface area contributed by atoms with E-state index in [1.807, 2.05) is 0 Å². The molecule has 3 aromatic heterocycles. The lowest BCUT2D eigenvalue weighted by atomic mass is 10.3. The monoisotopic (exact) mass is 396 g/mol. The number of pyridine rings is 1. The van der Waals surface area contributed by atoms with Crippen LogP contribution in [0.4, 0.5) is 23.7 Å². The Bertz CT molecular complexity index is 961. The Labute approximate surface area is 154 Å². The molecule has 0 spiro atoms. The fourth-order valence-corrected chi connectivity index (χ4v) is 1.96. The summed E-state index contributed by atoms with van der Waals surface area (Å²) in [5.74, 6) is -1.65. The van der Waals surface area contributed by atoms with Gasteiger partial charge in [0.15, 0.2) is 0 Å². The van der Waals surface area contributed by atoms with Gasteiger partial charge in [0.1, 0.15) is 12.4 Å². The summed E-state index contributed by atoms with van der Waals surface area (Å²) in [4.78, 5) is 26.5. The molecular weight excluding hydrogens is 385 g/mol. The van der Waals surface area contributed by atoms with Gasteiger partial charge in [-0.3, -0.25) is 10.3 Å². The number of ether oxygens (including phenoxy) is 2. The first-order chi connectivity index (χ1) is 13.4. The third kappa shape index (κ3) is 4.49. The van der Waals surface area contributed by atoms with E-state index in [-0.39, 0.29) is 18.1 Å². The first kappa shape index (κ1) is 19.0. The van der Waals surface area contributed by atoms with Gasteiger partial charge in [-0.1, -0.05) is 5.16 Å². The SMILES string of the molecule is COc1ccncc1COC(=O)Nc1cnc(-c2noc(C(F)(F)F)n2)nc1. The third-order valence-electron chi connectivity index (χ3n) is 3.20. The van der Waals surface area contributed by atoms with Crippen molar-refractivity contribution in [2.24, 2.45) is 0 Å². The van der Waals surface area contributed by atoms with Gasteiger partial charge in [-0.05, 0) is 6.07 Å². The van der Waals surface area contributed by atoms with Crippen LogP contribution in [0.25, 0.3) is 11.6 Å². The number of methoxy groups -OCH3 is 1. The quantitative estimate of drug-likeness (QED) is 0.693. The highest BCUT2D eigenvalue weighted by Gasteiger charge is 2.38. The van der Waals surface area contributed by atoms with Crippen LogP contribution in [0.15, 0.2) is 35.4 Å². The van der Waals surface area contributed by atoms with Gasteiger partial charge in [0.2, 0.25) is 11.6 Å². The minimum absolute atomic E-state index is 0.0924. The van der Waals surface area contributed by atoms with Gasteiger partial charge in [-0.25, -0.2) is 14.8 Å². The van der Waals surface area contributed by atoms with E-state index >= 15 is 0 Å². The number of anilines is 1. The standard InChI is InChI=1S/C15H11F3N6O4/c1-26-10-2-3-19-4-8(10)7-27-14(25)22-9-5-20-11(21-6-9)12-23-13(28-24-12)15(16,17)18/h2-6H,7H2,1H3,(H,22,25). The molecule has 0 bridgehead atoms. The first-order valence-electron chi connectivity index (χ1n) is 7.51. The highest BCUT2D eigenvalue weighted by molar-refractivity contribution is 5.84. The number of amides is 1. The molecule has 1 N–H and O–H groups in total. The molecule has 0 fully saturated rings. The molecule has 1 amide bonds. The summed E-state index contributed by atoms with van der Waals surface area (Å²) in [5, 5.41) is 5.53. The lowest BCUT2D eigenvalue weighted by Gasteiger charge is -2.09. The molecule has 10 nitrogen and oxygen atoms in total. The normalized spacial score (nSPS) is 11.1. The van der Waals surface area contributed by atoms with Crippen molar-refractivity contribution in [3.05, 3.63) is 42.3 Å². The Morgan fingerprint density at radius 3 is 2.61 bits per heavy atom. The van der Waals surface area contributed by atoms with E-state index in [1.165, 1.54) is 19.5 Å². The predicted molar refractivity (Wildman–Crippen MR) is 84.9 cm³/mol. The van der Waals surface area contributed by atoms with Gasteiger partial charge in [-0.2, -0.15) is 18.2 Å². The molecule has 0 atom stereocenters. The van der Waals surface area contributed by atoms with Gasteiger partial charge in [-0.15, -0.1) is 0 Å². The van der Waals surface area contributed by atoms with E-state index in [9.17, 15) is 18.0 Å². The van der Waals surface area contributed by atoms with Crippen molar-refractivity contribution < 1.29 is 32.0 Å². The smallest absolute Gasteiger partial charge is 0.471 e. The summed E-state index contributed by atoms with van der Waals surface area (Å²) >= 11 is 0. The van der Waals surface area contributed by atoms with Gasteiger partial charge in [0, 0.05) is 18.0 Å². The van der Waals surface area contributed by atoms with Crippen LogP contribution in [-0.4, -0.2) is 38.3 Å². The molecule has 146 valence electrons. The molecule has 0 aliphatic carbocycles. The van der Waals surface area contributed by atoms with Crippen LogP contribution in [0.1, 0.15) is 11.5 Å². The molecule has 28 heavy (non-hydrogen) atoms. The molecule has 0 saturated heterocycles. The number of nitrogens with zero attached hydrogens (tertiary/aromatic N) is 5. The van der Waals surface area contributed by atoms with Gasteiger partial charge in [0.25, 0.3) is 0 Å². The number of hydrogen-bond donors (Lipinski definition) is 1. The largest absolute Gasteiger partial charge is 0.496 e. The fraction of sp³-hybridized carbons (Fsp3) is 0.200. The predicted octanol–water partition coefficient (Wildman–Crippen LogP) is 2.70. The first-order valence-corrected chi connectivity index (χ1v) is 7.51. The number of aromatic nitrogens is 5. The lowest BCUT2D eigenvalue weighted by molar-refractivity contribution is -0.159. The van der Waals surface area contributed by atoms with Gasteiger partial charge < -0.3 is 14.0 Å². The van der Waals surface area contributed by atoms with E-state index in [0.717, 1.165) is 12.4 Å². The Kier molecular flexibility index (Phi) is 5.33. The van der Waals surface area contributed by atoms with Crippen LogP contribution in [0.5, 0.6) is 5.75 Å². The summed E-state index contributed by atoms with van der Waals surface area (Å²) in [7, 11) is 1.47. The number of hydrogen-bond acceptors (Lipinski definition) is 9. The van der Waals surface area contributed by atoms with Crippen LogP contribution in [0, 0.1) is 0 Å². The molecule has 0 aliphatic rings. The molecule has 3 aromatic rings. The van der Waals surface area contributed by atoms with Crippen molar-refractivity contribution in [3.8, 4) is 17.4 Å². The van der Waals surface area contributed by atoms with Crippen LogP contribution >= 0.6 is 0 Å². The molecule has 0 aromatic carbocycles. The summed E-state index contributed by atoms with van der Waals surface area (Å²) < 4.78 is 51.6. The van der Waals surface area contributed by atoms with Crippen molar-refractivity contribution >= 4 is 11.8 Å². The Morgan fingerprint density at radius 2 is 1.96 bits per heavy atom. The second kappa shape index (κ2) is 7.85. The second-order valence-corrected chi connectivity index (χ2v) is 5.10. The zero-order valence-electron chi connectivity index (χ0n) is 14.1. The zero-order valence-corrected chi connectivity index (χ0v) is 14.1. The van der Waals surface area contributed by atoms with Gasteiger partial charge in [0.05, 0.1) is 25.2 Å². The van der Waals surface area contributed by atoms with Crippen LogP contribution in [-0.2, 0) is 17.5 Å². The molecule has 0 saturated carbocycles. The van der Waals surface area contributed by atoms with Crippen LogP contribution < -0.4 is 10.1 Å². The van der Waals surface area contributed by atoms with E-state index in [1.54, 1.807) is 6.07 Å². The van der Waals surface area contributed by atoms with Crippen molar-refractivity contribution in [2.75, 3.05) is 12.4 Å². The molecule has 0 radical (unpaired) electrons. The molecule has 3 rings (SSSR count). The lowest BCUT2D eigenvalue weighted by Crippen LogP contribution is -2.14. The third-order valence-corrected chi connectivity index (χ3v) is 3.20. The zero-order chi connectivity index (χ0) is 20.1. The second-order valence-electron chi connectivity index (χ2n) is 5.10.